The minimum Gasteiger partial charge on any atom is -0.495 e. The SMILES string of the molecule is COc1cccc(\C=C/C=C/C=C/C=C/C=C/C=C/C(=O)NCC(C)C(=O)O)c1NC(C)=O. The van der Waals surface area contributed by atoms with Gasteiger partial charge in [-0.25, -0.2) is 0 Å². The maximum atomic E-state index is 11.5. The first-order valence-electron chi connectivity index (χ1n) is 10.3. The number of aliphatic carboxylic acids is 1. The summed E-state index contributed by atoms with van der Waals surface area (Å²) in [6, 6.07) is 5.53. The summed E-state index contributed by atoms with van der Waals surface area (Å²) in [6.07, 6.45) is 21.2. The van der Waals surface area contributed by atoms with Crippen molar-refractivity contribution in [2.24, 2.45) is 5.92 Å². The van der Waals surface area contributed by atoms with E-state index in [4.69, 9.17) is 9.84 Å². The minimum absolute atomic E-state index is 0.0889. The Bertz CT molecular complexity index is 984. The molecule has 1 aromatic carbocycles. The number of nitrogens with one attached hydrogen (secondary N) is 2. The first kappa shape index (κ1) is 26.9. The van der Waals surface area contributed by atoms with E-state index >= 15 is 0 Å². The normalized spacial score (nSPS) is 13.1. The summed E-state index contributed by atoms with van der Waals surface area (Å²) in [5, 5.41) is 14.1. The predicted octanol–water partition coefficient (Wildman–Crippen LogP) is 4.28. The summed E-state index contributed by atoms with van der Waals surface area (Å²) in [7, 11) is 1.56. The molecule has 1 atom stereocenters. The van der Waals surface area contributed by atoms with Crippen LogP contribution in [0.15, 0.2) is 85.0 Å². The van der Waals surface area contributed by atoms with E-state index in [1.165, 1.54) is 19.9 Å². The fourth-order valence-electron chi connectivity index (χ4n) is 2.38. The van der Waals surface area contributed by atoms with Crippen molar-refractivity contribution in [1.82, 2.24) is 5.32 Å². The number of methoxy groups -OCH3 is 1. The number of rotatable bonds is 12. The number of carboxylic acids is 1. The van der Waals surface area contributed by atoms with Gasteiger partial charge in [0.05, 0.1) is 18.7 Å². The monoisotopic (exact) mass is 450 g/mol. The largest absolute Gasteiger partial charge is 0.495 e. The van der Waals surface area contributed by atoms with Crippen LogP contribution in [0.5, 0.6) is 5.75 Å². The third-order valence-corrected chi connectivity index (χ3v) is 4.11. The maximum Gasteiger partial charge on any atom is 0.308 e. The first-order chi connectivity index (χ1) is 15.8. The number of amides is 2. The van der Waals surface area contributed by atoms with Gasteiger partial charge in [-0.3, -0.25) is 14.4 Å². The summed E-state index contributed by atoms with van der Waals surface area (Å²) < 4.78 is 5.30. The van der Waals surface area contributed by atoms with Crippen LogP contribution in [-0.4, -0.2) is 36.5 Å². The van der Waals surface area contributed by atoms with Crippen LogP contribution in [0.2, 0.25) is 0 Å². The quantitative estimate of drug-likeness (QED) is 0.326. The van der Waals surface area contributed by atoms with Gasteiger partial charge in [-0.05, 0) is 6.07 Å². The third-order valence-electron chi connectivity index (χ3n) is 4.11. The van der Waals surface area contributed by atoms with Gasteiger partial charge in [-0.1, -0.05) is 85.9 Å². The zero-order valence-corrected chi connectivity index (χ0v) is 19.0. The number of anilines is 1. The number of benzene rings is 1. The van der Waals surface area contributed by atoms with Crippen LogP contribution < -0.4 is 15.4 Å². The van der Waals surface area contributed by atoms with E-state index in [1.807, 2.05) is 60.7 Å². The maximum absolute atomic E-state index is 11.5. The highest BCUT2D eigenvalue weighted by Gasteiger charge is 2.10. The fraction of sp³-hybridized carbons (Fsp3) is 0.192. The first-order valence-corrected chi connectivity index (χ1v) is 10.3. The molecule has 0 aromatic heterocycles. The topological polar surface area (TPSA) is 105 Å². The van der Waals surface area contributed by atoms with Gasteiger partial charge in [0.15, 0.2) is 0 Å². The Labute approximate surface area is 194 Å². The molecule has 1 unspecified atom stereocenters. The molecule has 33 heavy (non-hydrogen) atoms. The number of hydrogen-bond acceptors (Lipinski definition) is 4. The van der Waals surface area contributed by atoms with Crippen molar-refractivity contribution < 1.29 is 24.2 Å². The van der Waals surface area contributed by atoms with E-state index in [2.05, 4.69) is 10.6 Å². The highest BCUT2D eigenvalue weighted by Crippen LogP contribution is 2.29. The second-order valence-electron chi connectivity index (χ2n) is 6.85. The fourth-order valence-corrected chi connectivity index (χ4v) is 2.38. The molecule has 0 spiro atoms. The van der Waals surface area contributed by atoms with Gasteiger partial charge in [0.1, 0.15) is 5.75 Å². The van der Waals surface area contributed by atoms with Crippen molar-refractivity contribution >= 4 is 29.5 Å². The lowest BCUT2D eigenvalue weighted by Gasteiger charge is -2.11. The van der Waals surface area contributed by atoms with Crippen molar-refractivity contribution in [2.75, 3.05) is 19.0 Å². The number of carbonyl (C=O) groups excluding carboxylic acids is 2. The van der Waals surface area contributed by atoms with E-state index in [9.17, 15) is 14.4 Å². The molecule has 0 saturated carbocycles. The zero-order chi connectivity index (χ0) is 24.5. The number of ether oxygens (including phenoxy) is 1. The lowest BCUT2D eigenvalue weighted by atomic mass is 10.1. The van der Waals surface area contributed by atoms with Crippen molar-refractivity contribution in [3.05, 3.63) is 90.6 Å². The second kappa shape index (κ2) is 15.6. The smallest absolute Gasteiger partial charge is 0.308 e. The number of hydrogen-bond donors (Lipinski definition) is 3. The summed E-state index contributed by atoms with van der Waals surface area (Å²) in [5.74, 6) is -1.49. The van der Waals surface area contributed by atoms with Gasteiger partial charge >= 0.3 is 5.97 Å². The van der Waals surface area contributed by atoms with E-state index in [1.54, 1.807) is 31.4 Å². The van der Waals surface area contributed by atoms with Gasteiger partial charge in [0.25, 0.3) is 0 Å². The molecule has 2 amide bonds. The lowest BCUT2D eigenvalue weighted by Crippen LogP contribution is -2.30. The molecule has 0 aliphatic rings. The highest BCUT2D eigenvalue weighted by atomic mass is 16.5. The summed E-state index contributed by atoms with van der Waals surface area (Å²) in [6.45, 7) is 3.07. The van der Waals surface area contributed by atoms with Gasteiger partial charge in [0.2, 0.25) is 11.8 Å². The van der Waals surface area contributed by atoms with Gasteiger partial charge in [-0.15, -0.1) is 0 Å². The summed E-state index contributed by atoms with van der Waals surface area (Å²) >= 11 is 0. The van der Waals surface area contributed by atoms with E-state index in [-0.39, 0.29) is 18.4 Å². The van der Waals surface area contributed by atoms with Gasteiger partial charge in [-0.2, -0.15) is 0 Å². The zero-order valence-electron chi connectivity index (χ0n) is 19.0. The van der Waals surface area contributed by atoms with Crippen LogP contribution in [0.4, 0.5) is 5.69 Å². The molecule has 1 rings (SSSR count). The number of para-hydroxylation sites is 1. The molecule has 7 heteroatoms. The molecule has 0 radical (unpaired) electrons. The van der Waals surface area contributed by atoms with Crippen LogP contribution in [0, 0.1) is 5.92 Å². The Balaban J connectivity index is 2.46. The molecule has 3 N–H and O–H groups in total. The molecule has 0 fully saturated rings. The Kier molecular flexibility index (Phi) is 12.8. The average molecular weight is 451 g/mol. The van der Waals surface area contributed by atoms with Crippen LogP contribution in [0.3, 0.4) is 0 Å². The van der Waals surface area contributed by atoms with Gasteiger partial charge in [0, 0.05) is 25.1 Å². The molecule has 0 heterocycles. The Morgan fingerprint density at radius 2 is 1.55 bits per heavy atom. The Morgan fingerprint density at radius 1 is 0.970 bits per heavy atom. The molecule has 1 aromatic rings. The molecule has 0 saturated heterocycles. The summed E-state index contributed by atoms with van der Waals surface area (Å²) in [5.41, 5.74) is 1.46. The Hall–Kier alpha value is -4.13. The molecule has 7 nitrogen and oxygen atoms in total. The predicted molar refractivity (Wildman–Crippen MR) is 132 cm³/mol. The van der Waals surface area contributed by atoms with E-state index in [0.717, 1.165) is 5.56 Å². The number of carboxylic acid groups (broad SMARTS) is 1. The van der Waals surface area contributed by atoms with Gasteiger partial charge < -0.3 is 20.5 Å². The lowest BCUT2D eigenvalue weighted by molar-refractivity contribution is -0.141. The van der Waals surface area contributed by atoms with E-state index < -0.39 is 11.9 Å². The molecule has 0 bridgehead atoms. The Morgan fingerprint density at radius 3 is 2.09 bits per heavy atom. The highest BCUT2D eigenvalue weighted by molar-refractivity contribution is 5.93. The van der Waals surface area contributed by atoms with Crippen LogP contribution in [0.1, 0.15) is 19.4 Å². The summed E-state index contributed by atoms with van der Waals surface area (Å²) in [4.78, 5) is 33.6. The second-order valence-corrected chi connectivity index (χ2v) is 6.85. The molecule has 0 aliphatic heterocycles. The van der Waals surface area contributed by atoms with Crippen molar-refractivity contribution in [3.8, 4) is 5.75 Å². The van der Waals surface area contributed by atoms with Crippen molar-refractivity contribution in [1.29, 1.82) is 0 Å². The third kappa shape index (κ3) is 11.7. The van der Waals surface area contributed by atoms with Crippen molar-refractivity contribution in [2.45, 2.75) is 13.8 Å². The molecular formula is C26H30N2O5. The molecular weight excluding hydrogens is 420 g/mol. The molecule has 0 aliphatic carbocycles. The number of allylic oxidation sites excluding steroid dienone is 10. The average Bonchev–Trinajstić information content (AvgIpc) is 2.78. The van der Waals surface area contributed by atoms with Crippen LogP contribution in [-0.2, 0) is 14.4 Å². The van der Waals surface area contributed by atoms with Crippen molar-refractivity contribution in [3.63, 3.8) is 0 Å². The number of carbonyl (C=O) groups is 3. The van der Waals surface area contributed by atoms with Crippen LogP contribution in [0.25, 0.3) is 6.08 Å². The standard InChI is InChI=1S/C26H30N2O5/c1-20(26(31)32)19-27-24(30)18-13-11-9-7-5-4-6-8-10-12-15-22-16-14-17-23(33-3)25(22)28-21(2)29/h4-18,20H,19H2,1-3H3,(H,27,30)(H,28,29)(H,31,32)/b6-4+,7-5+,10-8+,11-9+,15-12-,18-13+. The molecule has 174 valence electrons. The van der Waals surface area contributed by atoms with Crippen LogP contribution >= 0.6 is 0 Å². The van der Waals surface area contributed by atoms with E-state index in [0.29, 0.717) is 11.4 Å². The minimum atomic E-state index is -0.948.